The highest BCUT2D eigenvalue weighted by Gasteiger charge is 2.22. The van der Waals surface area contributed by atoms with Crippen molar-refractivity contribution in [3.8, 4) is 0 Å². The minimum absolute atomic E-state index is 0.00972. The maximum atomic E-state index is 13.1. The Morgan fingerprint density at radius 1 is 1.43 bits per heavy atom. The van der Waals surface area contributed by atoms with Crippen molar-refractivity contribution in [2.24, 2.45) is 0 Å². The molecular weight excluding hydrogens is 203 g/mol. The molecule has 1 N–H and O–H groups in total. The van der Waals surface area contributed by atoms with Gasteiger partial charge >= 0.3 is 0 Å². The first-order valence-electron chi connectivity index (χ1n) is 4.45. The smallest absolute Gasteiger partial charge is 0.142 e. The van der Waals surface area contributed by atoms with Gasteiger partial charge in [-0.1, -0.05) is 25.4 Å². The average Bonchev–Trinajstić information content (AvgIpc) is 2.11. The molecule has 0 aromatic heterocycles. The lowest BCUT2D eigenvalue weighted by atomic mass is 9.83. The van der Waals surface area contributed by atoms with Gasteiger partial charge < -0.3 is 5.11 Å². The minimum atomic E-state index is -0.415. The summed E-state index contributed by atoms with van der Waals surface area (Å²) in [5, 5.41) is 9.30. The lowest BCUT2D eigenvalue weighted by molar-refractivity contribution is 0.218. The van der Waals surface area contributed by atoms with Gasteiger partial charge in [0, 0.05) is 5.41 Å². The number of hydrogen-bond acceptors (Lipinski definition) is 1. The Morgan fingerprint density at radius 2 is 2.00 bits per heavy atom. The normalized spacial score (nSPS) is 11.9. The van der Waals surface area contributed by atoms with Crippen LogP contribution in [0.15, 0.2) is 12.1 Å². The van der Waals surface area contributed by atoms with E-state index in [1.165, 1.54) is 6.07 Å². The van der Waals surface area contributed by atoms with Crippen molar-refractivity contribution >= 4 is 11.6 Å². The monoisotopic (exact) mass is 216 g/mol. The number of halogens is 2. The topological polar surface area (TPSA) is 20.2 Å². The van der Waals surface area contributed by atoms with Gasteiger partial charge in [0.1, 0.15) is 5.82 Å². The van der Waals surface area contributed by atoms with Crippen LogP contribution in [0.4, 0.5) is 4.39 Å². The van der Waals surface area contributed by atoms with Gasteiger partial charge in [0.15, 0.2) is 0 Å². The molecule has 0 bridgehead atoms. The highest BCUT2D eigenvalue weighted by molar-refractivity contribution is 6.30. The van der Waals surface area contributed by atoms with Crippen molar-refractivity contribution in [3.63, 3.8) is 0 Å². The number of aliphatic hydroxyl groups is 1. The van der Waals surface area contributed by atoms with Crippen molar-refractivity contribution in [1.82, 2.24) is 0 Å². The molecule has 0 atom stereocenters. The fraction of sp³-hybridized carbons (Fsp3) is 0.455. The van der Waals surface area contributed by atoms with E-state index in [-0.39, 0.29) is 17.0 Å². The van der Waals surface area contributed by atoms with E-state index < -0.39 is 5.82 Å². The van der Waals surface area contributed by atoms with E-state index in [4.69, 9.17) is 11.6 Å². The second-order valence-electron chi connectivity index (χ2n) is 4.12. The van der Waals surface area contributed by atoms with E-state index in [0.717, 1.165) is 11.1 Å². The molecule has 14 heavy (non-hydrogen) atoms. The third-order valence-corrected chi connectivity index (χ3v) is 2.68. The Balaban J connectivity index is 3.29. The molecule has 0 amide bonds. The highest BCUT2D eigenvalue weighted by Crippen LogP contribution is 2.29. The second kappa shape index (κ2) is 3.87. The number of rotatable bonds is 2. The number of aryl methyl sites for hydroxylation is 1. The van der Waals surface area contributed by atoms with Crippen LogP contribution in [0.2, 0.25) is 5.02 Å². The predicted octanol–water partition coefficient (Wildman–Crippen LogP) is 3.06. The van der Waals surface area contributed by atoms with Crippen LogP contribution in [0.1, 0.15) is 25.0 Å². The first kappa shape index (κ1) is 11.5. The zero-order valence-corrected chi connectivity index (χ0v) is 9.32. The summed E-state index contributed by atoms with van der Waals surface area (Å²) in [5.41, 5.74) is 1.30. The molecule has 1 aromatic rings. The van der Waals surface area contributed by atoms with Crippen molar-refractivity contribution in [1.29, 1.82) is 0 Å². The van der Waals surface area contributed by atoms with Gasteiger partial charge in [-0.05, 0) is 30.2 Å². The van der Waals surface area contributed by atoms with E-state index >= 15 is 0 Å². The van der Waals surface area contributed by atoms with E-state index in [0.29, 0.717) is 0 Å². The zero-order chi connectivity index (χ0) is 10.9. The summed E-state index contributed by atoms with van der Waals surface area (Å²) in [6.07, 6.45) is 0. The third-order valence-electron chi connectivity index (χ3n) is 2.39. The Morgan fingerprint density at radius 3 is 2.50 bits per heavy atom. The van der Waals surface area contributed by atoms with Crippen LogP contribution in [0, 0.1) is 12.7 Å². The van der Waals surface area contributed by atoms with E-state index in [1.54, 1.807) is 6.07 Å². The SMILES string of the molecule is Cc1cc(F)c(Cl)cc1C(C)(C)CO. The van der Waals surface area contributed by atoms with E-state index in [9.17, 15) is 9.50 Å². The molecule has 0 radical (unpaired) electrons. The Bertz CT molecular complexity index is 347. The lowest BCUT2D eigenvalue weighted by Crippen LogP contribution is -2.23. The summed E-state index contributed by atoms with van der Waals surface area (Å²) < 4.78 is 13.1. The van der Waals surface area contributed by atoms with Crippen LogP contribution < -0.4 is 0 Å². The molecule has 1 nitrogen and oxygen atoms in total. The molecule has 0 unspecified atom stereocenters. The van der Waals surface area contributed by atoms with E-state index in [2.05, 4.69) is 0 Å². The molecule has 0 spiro atoms. The van der Waals surface area contributed by atoms with Crippen LogP contribution in [0.25, 0.3) is 0 Å². The van der Waals surface area contributed by atoms with Crippen LogP contribution in [0.3, 0.4) is 0 Å². The maximum absolute atomic E-state index is 13.1. The lowest BCUT2D eigenvalue weighted by Gasteiger charge is -2.24. The standard InChI is InChI=1S/C11H14ClFO/c1-7-4-10(13)9(12)5-8(7)11(2,3)6-14/h4-5,14H,6H2,1-3H3. The first-order chi connectivity index (χ1) is 6.38. The highest BCUT2D eigenvalue weighted by atomic mass is 35.5. The van der Waals surface area contributed by atoms with Crippen molar-refractivity contribution in [2.75, 3.05) is 6.61 Å². The second-order valence-corrected chi connectivity index (χ2v) is 4.53. The molecule has 0 aliphatic heterocycles. The molecule has 0 saturated carbocycles. The minimum Gasteiger partial charge on any atom is -0.395 e. The van der Waals surface area contributed by atoms with Crippen molar-refractivity contribution in [2.45, 2.75) is 26.2 Å². The van der Waals surface area contributed by atoms with Gasteiger partial charge in [-0.3, -0.25) is 0 Å². The molecule has 0 fully saturated rings. The summed E-state index contributed by atoms with van der Waals surface area (Å²) >= 11 is 5.69. The molecule has 1 rings (SSSR count). The molecule has 0 aliphatic rings. The summed E-state index contributed by atoms with van der Waals surface area (Å²) in [6, 6.07) is 2.98. The maximum Gasteiger partial charge on any atom is 0.142 e. The quantitative estimate of drug-likeness (QED) is 0.806. The third kappa shape index (κ3) is 2.07. The van der Waals surface area contributed by atoms with E-state index in [1.807, 2.05) is 20.8 Å². The van der Waals surface area contributed by atoms with Crippen LogP contribution in [0.5, 0.6) is 0 Å². The van der Waals surface area contributed by atoms with Gasteiger partial charge in [-0.15, -0.1) is 0 Å². The van der Waals surface area contributed by atoms with Crippen LogP contribution >= 0.6 is 11.6 Å². The molecule has 78 valence electrons. The molecular formula is C11H14ClFO. The summed E-state index contributed by atoms with van der Waals surface area (Å²) in [7, 11) is 0. The zero-order valence-electron chi connectivity index (χ0n) is 8.56. The summed E-state index contributed by atoms with van der Waals surface area (Å²) in [5.74, 6) is -0.415. The molecule has 0 heterocycles. The summed E-state index contributed by atoms with van der Waals surface area (Å²) in [6.45, 7) is 5.61. The molecule has 0 saturated heterocycles. The summed E-state index contributed by atoms with van der Waals surface area (Å²) in [4.78, 5) is 0. The average molecular weight is 217 g/mol. The van der Waals surface area contributed by atoms with Gasteiger partial charge in [-0.2, -0.15) is 0 Å². The number of aliphatic hydroxyl groups excluding tert-OH is 1. The van der Waals surface area contributed by atoms with Gasteiger partial charge in [-0.25, -0.2) is 4.39 Å². The fourth-order valence-corrected chi connectivity index (χ4v) is 1.62. The largest absolute Gasteiger partial charge is 0.395 e. The Labute approximate surface area is 88.5 Å². The number of benzene rings is 1. The molecule has 0 aliphatic carbocycles. The van der Waals surface area contributed by atoms with Gasteiger partial charge in [0.05, 0.1) is 11.6 Å². The molecule has 1 aromatic carbocycles. The van der Waals surface area contributed by atoms with Gasteiger partial charge in [0.25, 0.3) is 0 Å². The Hall–Kier alpha value is -0.600. The van der Waals surface area contributed by atoms with Crippen LogP contribution in [-0.2, 0) is 5.41 Å². The number of hydrogen-bond donors (Lipinski definition) is 1. The fourth-order valence-electron chi connectivity index (χ4n) is 1.46. The molecule has 3 heteroatoms. The Kier molecular flexibility index (Phi) is 3.17. The van der Waals surface area contributed by atoms with Gasteiger partial charge in [0.2, 0.25) is 0 Å². The first-order valence-corrected chi connectivity index (χ1v) is 4.83. The van der Waals surface area contributed by atoms with Crippen molar-refractivity contribution in [3.05, 3.63) is 34.1 Å². The van der Waals surface area contributed by atoms with Crippen molar-refractivity contribution < 1.29 is 9.50 Å². The van der Waals surface area contributed by atoms with Crippen LogP contribution in [-0.4, -0.2) is 11.7 Å². The predicted molar refractivity (Wildman–Crippen MR) is 56.3 cm³/mol.